The summed E-state index contributed by atoms with van der Waals surface area (Å²) in [5.74, 6) is 1.63. The first-order valence-corrected chi connectivity index (χ1v) is 7.62. The zero-order valence-electron chi connectivity index (χ0n) is 13.1. The molecule has 1 rings (SSSR count). The first-order valence-electron chi connectivity index (χ1n) is 7.62. The third-order valence-electron chi connectivity index (χ3n) is 4.01. The van der Waals surface area contributed by atoms with Crippen LogP contribution in [-0.2, 0) is 0 Å². The lowest BCUT2D eigenvalue weighted by Crippen LogP contribution is -2.36. The lowest BCUT2D eigenvalue weighted by molar-refractivity contribution is 0.221. The van der Waals surface area contributed by atoms with Crippen LogP contribution in [0.4, 0.5) is 0 Å². The molecule has 0 bridgehead atoms. The molecular weight excluding hydrogens is 222 g/mol. The summed E-state index contributed by atoms with van der Waals surface area (Å²) in [7, 11) is 2.22. The number of likely N-dealkylation sites (tertiary alicyclic amines) is 1. The molecule has 0 aromatic carbocycles. The fraction of sp³-hybridized carbons (Fsp3) is 1.00. The predicted octanol–water partition coefficient (Wildman–Crippen LogP) is 1.89. The number of likely N-dealkylation sites (N-methyl/N-ethyl adjacent to an activating group) is 1. The highest BCUT2D eigenvalue weighted by Gasteiger charge is 2.22. The highest BCUT2D eigenvalue weighted by atomic mass is 15.2. The van der Waals surface area contributed by atoms with Gasteiger partial charge in [-0.25, -0.2) is 0 Å². The Morgan fingerprint density at radius 1 is 1.28 bits per heavy atom. The van der Waals surface area contributed by atoms with Crippen LogP contribution in [0.2, 0.25) is 0 Å². The van der Waals surface area contributed by atoms with Gasteiger partial charge in [0.05, 0.1) is 0 Å². The Kier molecular flexibility index (Phi) is 7.20. The van der Waals surface area contributed by atoms with E-state index >= 15 is 0 Å². The molecule has 0 spiro atoms. The minimum Gasteiger partial charge on any atom is -0.316 e. The number of rotatable bonds is 8. The van der Waals surface area contributed by atoms with Gasteiger partial charge in [-0.2, -0.15) is 0 Å². The quantitative estimate of drug-likeness (QED) is 0.714. The van der Waals surface area contributed by atoms with E-state index in [2.05, 4.69) is 49.9 Å². The van der Waals surface area contributed by atoms with Gasteiger partial charge in [-0.3, -0.25) is 0 Å². The van der Waals surface area contributed by atoms with Gasteiger partial charge in [-0.1, -0.05) is 13.8 Å². The third-order valence-corrected chi connectivity index (χ3v) is 4.01. The summed E-state index contributed by atoms with van der Waals surface area (Å²) in [6, 6.07) is 0.663. The van der Waals surface area contributed by atoms with Crippen LogP contribution in [0.1, 0.15) is 34.1 Å². The van der Waals surface area contributed by atoms with Crippen LogP contribution >= 0.6 is 0 Å². The van der Waals surface area contributed by atoms with Crippen molar-refractivity contribution in [3.05, 3.63) is 0 Å². The van der Waals surface area contributed by atoms with Crippen LogP contribution in [0.3, 0.4) is 0 Å². The summed E-state index contributed by atoms with van der Waals surface area (Å²) in [6.07, 6.45) is 1.37. The van der Waals surface area contributed by atoms with E-state index in [0.29, 0.717) is 6.04 Å². The van der Waals surface area contributed by atoms with E-state index in [1.165, 1.54) is 39.1 Å². The smallest absolute Gasteiger partial charge is 0.0109 e. The molecule has 1 saturated heterocycles. The topological polar surface area (TPSA) is 18.5 Å². The van der Waals surface area contributed by atoms with E-state index in [1.54, 1.807) is 0 Å². The Morgan fingerprint density at radius 3 is 2.61 bits per heavy atom. The van der Waals surface area contributed by atoms with E-state index in [9.17, 15) is 0 Å². The number of hydrogen-bond acceptors (Lipinski definition) is 3. The molecule has 0 aliphatic carbocycles. The van der Waals surface area contributed by atoms with Gasteiger partial charge in [0, 0.05) is 25.7 Å². The molecule has 0 saturated carbocycles. The number of hydrogen-bond donors (Lipinski definition) is 1. The second-order valence-corrected chi connectivity index (χ2v) is 6.58. The average molecular weight is 255 g/mol. The Morgan fingerprint density at radius 2 is 2.00 bits per heavy atom. The molecule has 1 heterocycles. The van der Waals surface area contributed by atoms with Gasteiger partial charge >= 0.3 is 0 Å². The highest BCUT2D eigenvalue weighted by molar-refractivity contribution is 4.78. The Labute approximate surface area is 114 Å². The molecule has 108 valence electrons. The second kappa shape index (κ2) is 8.13. The average Bonchev–Trinajstić information content (AvgIpc) is 2.73. The van der Waals surface area contributed by atoms with Crippen LogP contribution in [-0.4, -0.2) is 62.2 Å². The second-order valence-electron chi connectivity index (χ2n) is 6.58. The summed E-state index contributed by atoms with van der Waals surface area (Å²) < 4.78 is 0. The van der Waals surface area contributed by atoms with Crippen molar-refractivity contribution in [1.82, 2.24) is 15.1 Å². The number of nitrogens with zero attached hydrogens (tertiary/aromatic N) is 2. The van der Waals surface area contributed by atoms with Crippen molar-refractivity contribution in [2.75, 3.05) is 46.3 Å². The minimum absolute atomic E-state index is 0.663. The molecule has 0 aromatic heterocycles. The molecule has 1 atom stereocenters. The maximum Gasteiger partial charge on any atom is 0.0109 e. The summed E-state index contributed by atoms with van der Waals surface area (Å²) >= 11 is 0. The zero-order valence-corrected chi connectivity index (χ0v) is 13.1. The van der Waals surface area contributed by atoms with Gasteiger partial charge in [-0.15, -0.1) is 0 Å². The molecule has 18 heavy (non-hydrogen) atoms. The third kappa shape index (κ3) is 6.17. The van der Waals surface area contributed by atoms with Crippen LogP contribution in [0.15, 0.2) is 0 Å². The lowest BCUT2D eigenvalue weighted by atomic mass is 10.1. The van der Waals surface area contributed by atoms with E-state index in [-0.39, 0.29) is 0 Å². The van der Waals surface area contributed by atoms with Gasteiger partial charge in [0.15, 0.2) is 0 Å². The molecule has 1 unspecified atom stereocenters. The zero-order chi connectivity index (χ0) is 13.5. The predicted molar refractivity (Wildman–Crippen MR) is 80.0 cm³/mol. The van der Waals surface area contributed by atoms with Crippen LogP contribution in [0.5, 0.6) is 0 Å². The first kappa shape index (κ1) is 15.9. The summed E-state index contributed by atoms with van der Waals surface area (Å²) in [5, 5.41) is 3.59. The number of nitrogens with one attached hydrogen (secondary N) is 1. The van der Waals surface area contributed by atoms with Gasteiger partial charge in [0.1, 0.15) is 0 Å². The lowest BCUT2D eigenvalue weighted by Gasteiger charge is -2.24. The van der Waals surface area contributed by atoms with Crippen LogP contribution in [0, 0.1) is 11.8 Å². The summed E-state index contributed by atoms with van der Waals surface area (Å²) in [5.41, 5.74) is 0. The van der Waals surface area contributed by atoms with Crippen LogP contribution in [0.25, 0.3) is 0 Å². The minimum atomic E-state index is 0.663. The summed E-state index contributed by atoms with van der Waals surface area (Å²) in [4.78, 5) is 5.06. The maximum absolute atomic E-state index is 3.59. The van der Waals surface area contributed by atoms with Crippen molar-refractivity contribution < 1.29 is 0 Å². The first-order chi connectivity index (χ1) is 8.49. The molecule has 1 aliphatic rings. The monoisotopic (exact) mass is 255 g/mol. The highest BCUT2D eigenvalue weighted by Crippen LogP contribution is 2.15. The Bertz CT molecular complexity index is 216. The van der Waals surface area contributed by atoms with E-state index < -0.39 is 0 Å². The van der Waals surface area contributed by atoms with Crippen molar-refractivity contribution in [2.45, 2.75) is 40.2 Å². The van der Waals surface area contributed by atoms with Crippen molar-refractivity contribution in [3.8, 4) is 0 Å². The normalized spacial score (nSPS) is 21.7. The molecule has 1 fully saturated rings. The fourth-order valence-corrected chi connectivity index (χ4v) is 2.42. The Balaban J connectivity index is 2.09. The van der Waals surface area contributed by atoms with Gasteiger partial charge in [-0.05, 0) is 58.8 Å². The Hall–Kier alpha value is -0.120. The van der Waals surface area contributed by atoms with Gasteiger partial charge in [0.2, 0.25) is 0 Å². The van der Waals surface area contributed by atoms with Crippen molar-refractivity contribution in [1.29, 1.82) is 0 Å². The SMILES string of the molecule is CC(C)CNCC1CCN(CCN(C)C(C)C)C1. The molecule has 0 amide bonds. The largest absolute Gasteiger partial charge is 0.316 e. The molecular formula is C15H33N3. The fourth-order valence-electron chi connectivity index (χ4n) is 2.42. The van der Waals surface area contributed by atoms with Gasteiger partial charge < -0.3 is 15.1 Å². The van der Waals surface area contributed by atoms with Crippen molar-refractivity contribution >= 4 is 0 Å². The standard InChI is InChI=1S/C15H33N3/c1-13(2)10-16-11-15-6-7-18(12-15)9-8-17(5)14(3)4/h13-16H,6-12H2,1-5H3. The van der Waals surface area contributed by atoms with Crippen molar-refractivity contribution in [2.24, 2.45) is 11.8 Å². The van der Waals surface area contributed by atoms with E-state index in [1.807, 2.05) is 0 Å². The molecule has 0 aromatic rings. The summed E-state index contributed by atoms with van der Waals surface area (Å²) in [6.45, 7) is 16.5. The molecule has 1 aliphatic heterocycles. The maximum atomic E-state index is 3.59. The van der Waals surface area contributed by atoms with E-state index in [4.69, 9.17) is 0 Å². The molecule has 3 nitrogen and oxygen atoms in total. The molecule has 3 heteroatoms. The van der Waals surface area contributed by atoms with Crippen LogP contribution < -0.4 is 5.32 Å². The molecule has 0 radical (unpaired) electrons. The van der Waals surface area contributed by atoms with Crippen molar-refractivity contribution in [3.63, 3.8) is 0 Å². The van der Waals surface area contributed by atoms with Gasteiger partial charge in [0.25, 0.3) is 0 Å². The molecule has 1 N–H and O–H groups in total. The van der Waals surface area contributed by atoms with E-state index in [0.717, 1.165) is 18.4 Å².